The Kier molecular flexibility index (Phi) is 12.8. The second-order valence-corrected chi connectivity index (χ2v) is 18.0. The molecule has 11 atom stereocenters. The molecule has 4 N–H and O–H groups in total. The van der Waals surface area contributed by atoms with Crippen molar-refractivity contribution in [3.63, 3.8) is 0 Å². The van der Waals surface area contributed by atoms with Crippen molar-refractivity contribution in [2.24, 2.45) is 52.1 Å². The van der Waals surface area contributed by atoms with E-state index in [2.05, 4.69) is 78.4 Å². The van der Waals surface area contributed by atoms with Gasteiger partial charge in [0.2, 0.25) is 0 Å². The zero-order valence-electron chi connectivity index (χ0n) is 32.1. The summed E-state index contributed by atoms with van der Waals surface area (Å²) in [4.78, 5) is 29.7. The minimum absolute atomic E-state index is 0.0505. The highest BCUT2D eigenvalue weighted by molar-refractivity contribution is 5.72. The average molecular weight is 696 g/mol. The summed E-state index contributed by atoms with van der Waals surface area (Å²) in [5, 5.41) is 9.58. The number of carboxylic acids is 1. The van der Waals surface area contributed by atoms with E-state index in [0.717, 1.165) is 50.9 Å². The molecule has 5 rings (SSSR count). The van der Waals surface area contributed by atoms with Crippen LogP contribution in [0.25, 0.3) is 0 Å². The predicted molar refractivity (Wildman–Crippen MR) is 199 cm³/mol. The molecule has 5 aliphatic carbocycles. The lowest BCUT2D eigenvalue weighted by Gasteiger charge is -2.55. The molecule has 50 heavy (non-hydrogen) atoms. The molecule has 0 aromatic rings. The zero-order valence-corrected chi connectivity index (χ0v) is 32.1. The molecule has 0 saturated heterocycles. The molecule has 0 heterocycles. The number of allylic oxidation sites excluding steroid dienone is 5. The number of hydroxylamine groups is 1. The Labute approximate surface area is 303 Å². The first-order valence-corrected chi connectivity index (χ1v) is 20.0. The largest absolute Gasteiger partial charge is 0.477 e. The van der Waals surface area contributed by atoms with Crippen molar-refractivity contribution in [1.82, 2.24) is 5.48 Å². The van der Waals surface area contributed by atoms with Gasteiger partial charge in [0.15, 0.2) is 13.1 Å². The molecule has 0 spiro atoms. The van der Waals surface area contributed by atoms with E-state index in [1.807, 2.05) is 0 Å². The predicted octanol–water partition coefficient (Wildman–Crippen LogP) is 7.76. The third-order valence-electron chi connectivity index (χ3n) is 14.2. The number of nitrogens with two attached hydrogens (primary N) is 1. The third kappa shape index (κ3) is 8.78. The summed E-state index contributed by atoms with van der Waals surface area (Å²) in [6.45, 7) is 15.1. The van der Waals surface area contributed by atoms with Gasteiger partial charge in [-0.1, -0.05) is 89.8 Å². The Morgan fingerprint density at radius 3 is 2.50 bits per heavy atom. The number of carbonyl (C=O) groups is 2. The van der Waals surface area contributed by atoms with Crippen LogP contribution in [0.15, 0.2) is 35.5 Å². The Bertz CT molecular complexity index is 1290. The molecule has 8 nitrogen and oxygen atoms in total. The number of hydrogen-bond donors (Lipinski definition) is 3. The van der Waals surface area contributed by atoms with Gasteiger partial charge in [0, 0.05) is 12.5 Å². The van der Waals surface area contributed by atoms with Crippen molar-refractivity contribution in [1.29, 1.82) is 0 Å². The van der Waals surface area contributed by atoms with Gasteiger partial charge in [0.1, 0.15) is 0 Å². The minimum atomic E-state index is -0.988. The van der Waals surface area contributed by atoms with Gasteiger partial charge in [0.25, 0.3) is 0 Å². The maximum absolute atomic E-state index is 12.7. The monoisotopic (exact) mass is 696 g/mol. The van der Waals surface area contributed by atoms with Crippen LogP contribution < -0.4 is 11.2 Å². The number of fused-ring (bicyclic) bond motifs is 5. The van der Waals surface area contributed by atoms with Crippen LogP contribution in [0.3, 0.4) is 0 Å². The van der Waals surface area contributed by atoms with Gasteiger partial charge in [0.05, 0.1) is 25.3 Å². The average Bonchev–Trinajstić information content (AvgIpc) is 3.42. The molecule has 3 unspecified atom stereocenters. The van der Waals surface area contributed by atoms with E-state index in [1.165, 1.54) is 25.7 Å². The highest BCUT2D eigenvalue weighted by atomic mass is 16.7. The number of ether oxygens (including phenoxy) is 1. The van der Waals surface area contributed by atoms with Crippen LogP contribution in [0, 0.1) is 53.4 Å². The zero-order chi connectivity index (χ0) is 36.3. The van der Waals surface area contributed by atoms with E-state index in [-0.39, 0.29) is 41.2 Å². The standard InChI is InChI=1S/C42H69N3O5/c1-28(2)29(3)13-14-30(4)34-17-18-35-33-16-15-31-25-32(19-21-41(31,5)36(33)20-22-42(34,35)6)49-24-10-23-45(7,26-39(46)47)27-40(48)50-44-38-12-9-8-11-37(38)43/h13-16,28-30,32,34-38,44H,7-12,17-27,43H2,1-6H3,(H,46,47)/b14-13+/t29-,30+,32-,34+,35?,36?,37+,38+,41+,42+,45?/m0/s1. The highest BCUT2D eigenvalue weighted by Gasteiger charge is 2.57. The molecule has 0 amide bonds. The summed E-state index contributed by atoms with van der Waals surface area (Å²) in [5.74, 6) is 2.51. The molecule has 5 aliphatic rings. The summed E-state index contributed by atoms with van der Waals surface area (Å²) in [5.41, 5.74) is 12.9. The van der Waals surface area contributed by atoms with Crippen molar-refractivity contribution < 1.29 is 28.8 Å². The summed E-state index contributed by atoms with van der Waals surface area (Å²) in [6.07, 6.45) is 23.1. The van der Waals surface area contributed by atoms with E-state index in [1.54, 1.807) is 11.1 Å². The summed E-state index contributed by atoms with van der Waals surface area (Å²) >= 11 is 0. The van der Waals surface area contributed by atoms with Crippen molar-refractivity contribution in [3.05, 3.63) is 42.5 Å². The number of carbonyl (C=O) groups excluding carboxylic acids is 1. The fourth-order valence-electron chi connectivity index (χ4n) is 10.6. The fourth-order valence-corrected chi connectivity index (χ4v) is 10.6. The molecular formula is C42H69N3O5. The first kappa shape index (κ1) is 39.2. The van der Waals surface area contributed by atoms with Crippen LogP contribution >= 0.6 is 0 Å². The van der Waals surface area contributed by atoms with Crippen LogP contribution in [0.5, 0.6) is 0 Å². The Morgan fingerprint density at radius 1 is 1.02 bits per heavy atom. The second kappa shape index (κ2) is 16.3. The van der Waals surface area contributed by atoms with Gasteiger partial charge < -0.3 is 24.9 Å². The van der Waals surface area contributed by atoms with Gasteiger partial charge in [-0.15, -0.1) is 12.5 Å². The Balaban J connectivity index is 1.13. The SMILES string of the molecule is [CH2-][N+](CCCO[C@H]1CC[C@]2(C)C(=CC=C3C4CC[C@H]([C@H](C)/C=C/[C@H](C)C(C)C)[C@@]4(C)CCC32)C1)(CC(=O)O)CC(=O)ON[C@@H]1CCCC[C@H]1N. The summed E-state index contributed by atoms with van der Waals surface area (Å²) in [7, 11) is 4.14. The lowest BCUT2D eigenvalue weighted by Crippen LogP contribution is -2.52. The molecular weight excluding hydrogens is 626 g/mol. The maximum atomic E-state index is 12.7. The van der Waals surface area contributed by atoms with E-state index < -0.39 is 11.9 Å². The lowest BCUT2D eigenvalue weighted by atomic mass is 9.50. The van der Waals surface area contributed by atoms with Crippen LogP contribution in [-0.2, 0) is 19.2 Å². The lowest BCUT2D eigenvalue weighted by molar-refractivity contribution is -0.871. The van der Waals surface area contributed by atoms with E-state index in [0.29, 0.717) is 54.6 Å². The van der Waals surface area contributed by atoms with Crippen molar-refractivity contribution in [2.75, 3.05) is 26.2 Å². The number of aliphatic carboxylic acids is 1. The van der Waals surface area contributed by atoms with E-state index in [4.69, 9.17) is 15.3 Å². The third-order valence-corrected chi connectivity index (χ3v) is 14.2. The summed E-state index contributed by atoms with van der Waals surface area (Å²) in [6, 6.07) is -0.121. The minimum Gasteiger partial charge on any atom is -0.477 e. The first-order valence-electron chi connectivity index (χ1n) is 20.0. The highest BCUT2D eigenvalue weighted by Crippen LogP contribution is 2.66. The molecule has 8 heteroatoms. The van der Waals surface area contributed by atoms with Crippen LogP contribution in [0.1, 0.15) is 119 Å². The van der Waals surface area contributed by atoms with Gasteiger partial charge >= 0.3 is 11.9 Å². The number of nitrogens with zero attached hydrogens (tertiary/aromatic N) is 1. The number of hydrogen-bond acceptors (Lipinski definition) is 6. The van der Waals surface area contributed by atoms with E-state index in [9.17, 15) is 14.7 Å². The molecule has 0 aromatic carbocycles. The first-order chi connectivity index (χ1) is 23.6. The molecule has 0 aromatic heterocycles. The molecule has 0 bridgehead atoms. The van der Waals surface area contributed by atoms with Crippen molar-refractivity contribution in [3.8, 4) is 0 Å². The molecule has 0 radical (unpaired) electrons. The van der Waals surface area contributed by atoms with Gasteiger partial charge in [-0.05, 0) is 104 Å². The fraction of sp³-hybridized carbons (Fsp3) is 0.786. The topological polar surface area (TPSA) is 111 Å². The maximum Gasteiger partial charge on any atom is 0.378 e. The number of rotatable bonds is 15. The van der Waals surface area contributed by atoms with Crippen LogP contribution in [0.4, 0.5) is 0 Å². The number of nitrogens with one attached hydrogen (secondary N) is 1. The Morgan fingerprint density at radius 2 is 1.78 bits per heavy atom. The quantitative estimate of drug-likeness (QED) is 0.0528. The van der Waals surface area contributed by atoms with Gasteiger partial charge in [-0.3, -0.25) is 0 Å². The van der Waals surface area contributed by atoms with Crippen molar-refractivity contribution in [2.45, 2.75) is 137 Å². The molecule has 0 aliphatic heterocycles. The molecule has 282 valence electrons. The Hall–Kier alpha value is -2.00. The second-order valence-electron chi connectivity index (χ2n) is 18.0. The van der Waals surface area contributed by atoms with Crippen molar-refractivity contribution >= 4 is 11.9 Å². The molecule has 4 fully saturated rings. The van der Waals surface area contributed by atoms with Gasteiger partial charge in [-0.25, -0.2) is 9.59 Å². The van der Waals surface area contributed by atoms with E-state index >= 15 is 0 Å². The number of quaternary nitrogens is 1. The number of carboxylic acid groups (broad SMARTS) is 1. The van der Waals surface area contributed by atoms with Crippen LogP contribution in [-0.4, -0.2) is 66.0 Å². The summed E-state index contributed by atoms with van der Waals surface area (Å²) < 4.78 is 6.27. The van der Waals surface area contributed by atoms with Crippen LogP contribution in [0.2, 0.25) is 0 Å². The smallest absolute Gasteiger partial charge is 0.378 e. The normalized spacial score (nSPS) is 36.4. The van der Waals surface area contributed by atoms with Gasteiger partial charge in [-0.2, -0.15) is 0 Å². The molecule has 4 saturated carbocycles.